The van der Waals surface area contributed by atoms with Crippen LogP contribution in [0.25, 0.3) is 0 Å². The molecular weight excluding hydrogens is 394 g/mol. The van der Waals surface area contributed by atoms with Gasteiger partial charge in [-0.05, 0) is 37.6 Å². The average molecular weight is 414 g/mol. The molecule has 1 N–H and O–H groups in total. The highest BCUT2D eigenvalue weighted by Gasteiger charge is 2.50. The number of aliphatic hydroxyl groups is 1. The zero-order valence-electron chi connectivity index (χ0n) is 14.8. The molecule has 0 saturated carbocycles. The van der Waals surface area contributed by atoms with Gasteiger partial charge in [0.1, 0.15) is 0 Å². The molecule has 1 aliphatic rings. The molecule has 0 radical (unpaired) electrons. The molecule has 0 saturated heterocycles. The van der Waals surface area contributed by atoms with Crippen LogP contribution < -0.4 is 4.90 Å². The van der Waals surface area contributed by atoms with E-state index in [0.29, 0.717) is 16.8 Å². The van der Waals surface area contributed by atoms with Crippen LogP contribution in [0, 0.1) is 13.8 Å². The summed E-state index contributed by atoms with van der Waals surface area (Å²) in [6.45, 7) is 7.76. The molecule has 0 bridgehead atoms. The third-order valence-electron chi connectivity index (χ3n) is 4.70. The smallest absolute Gasteiger partial charge is 0.264 e. The summed E-state index contributed by atoms with van der Waals surface area (Å²) in [5, 5.41) is 11.2. The Morgan fingerprint density at radius 3 is 2.65 bits per heavy atom. The zero-order chi connectivity index (χ0) is 19.1. The third kappa shape index (κ3) is 3.02. The molecule has 26 heavy (non-hydrogen) atoms. The molecule has 0 fully saturated rings. The van der Waals surface area contributed by atoms with Crippen molar-refractivity contribution in [3.63, 3.8) is 0 Å². The van der Waals surface area contributed by atoms with Gasteiger partial charge in [0.05, 0.1) is 12.1 Å². The van der Waals surface area contributed by atoms with Crippen molar-refractivity contribution in [1.29, 1.82) is 0 Å². The number of ketones is 1. The summed E-state index contributed by atoms with van der Waals surface area (Å²) in [5.41, 5.74) is 1.58. The predicted molar refractivity (Wildman–Crippen MR) is 105 cm³/mol. The van der Waals surface area contributed by atoms with Crippen molar-refractivity contribution in [3.8, 4) is 0 Å². The molecule has 1 amide bonds. The van der Waals surface area contributed by atoms with Gasteiger partial charge >= 0.3 is 0 Å². The fourth-order valence-electron chi connectivity index (χ4n) is 3.46. The first-order chi connectivity index (χ1) is 12.3. The quantitative estimate of drug-likeness (QED) is 0.593. The lowest BCUT2D eigenvalue weighted by molar-refractivity contribution is -0.135. The predicted octanol–water partition coefficient (Wildman–Crippen LogP) is 4.06. The Labute approximate surface area is 161 Å². The van der Waals surface area contributed by atoms with E-state index >= 15 is 0 Å². The average Bonchev–Trinajstić information content (AvgIpc) is 2.77. The lowest BCUT2D eigenvalue weighted by Crippen LogP contribution is -2.42. The molecule has 0 spiro atoms. The number of Topliss-reactive ketones (excluding diaryl/α,β-unsaturated/α-hetero) is 1. The highest BCUT2D eigenvalue weighted by atomic mass is 79.9. The van der Waals surface area contributed by atoms with Crippen LogP contribution in [0.5, 0.6) is 0 Å². The normalized spacial score (nSPS) is 18.8. The molecule has 1 aliphatic heterocycles. The number of hydrogen-bond acceptors (Lipinski definition) is 3. The number of fused-ring (bicyclic) bond motifs is 1. The molecule has 2 aromatic carbocycles. The summed E-state index contributed by atoms with van der Waals surface area (Å²) >= 11 is 3.38. The first kappa shape index (κ1) is 18.5. The molecule has 0 unspecified atom stereocenters. The maximum atomic E-state index is 13.0. The van der Waals surface area contributed by atoms with Crippen molar-refractivity contribution in [2.24, 2.45) is 0 Å². The molecule has 4 nitrogen and oxygen atoms in total. The van der Waals surface area contributed by atoms with Crippen LogP contribution in [0.15, 0.2) is 53.5 Å². The lowest BCUT2D eigenvalue weighted by atomic mass is 9.87. The van der Waals surface area contributed by atoms with Crippen molar-refractivity contribution in [2.45, 2.75) is 25.9 Å². The first-order valence-electron chi connectivity index (χ1n) is 8.33. The van der Waals surface area contributed by atoms with E-state index in [-0.39, 0.29) is 18.7 Å². The minimum Gasteiger partial charge on any atom is -0.375 e. The number of aryl methyl sites for hydroxylation is 2. The second kappa shape index (κ2) is 6.82. The largest absolute Gasteiger partial charge is 0.375 e. The number of amides is 1. The fraction of sp³-hybridized carbons (Fsp3) is 0.238. The number of carbonyl (C=O) groups is 2. The van der Waals surface area contributed by atoms with Crippen molar-refractivity contribution in [1.82, 2.24) is 0 Å². The van der Waals surface area contributed by atoms with Crippen LogP contribution in [-0.2, 0) is 10.4 Å². The number of halogens is 1. The van der Waals surface area contributed by atoms with E-state index in [1.54, 1.807) is 30.3 Å². The summed E-state index contributed by atoms with van der Waals surface area (Å²) in [7, 11) is 0. The molecule has 5 heteroatoms. The number of carbonyl (C=O) groups excluding carboxylic acids is 2. The topological polar surface area (TPSA) is 57.6 Å². The van der Waals surface area contributed by atoms with E-state index in [9.17, 15) is 14.7 Å². The van der Waals surface area contributed by atoms with Crippen molar-refractivity contribution < 1.29 is 14.7 Å². The summed E-state index contributed by atoms with van der Waals surface area (Å²) < 4.78 is 0.738. The number of nitrogens with zero attached hydrogens (tertiary/aromatic N) is 1. The maximum absolute atomic E-state index is 13.0. The second-order valence-electron chi connectivity index (χ2n) is 6.64. The zero-order valence-corrected chi connectivity index (χ0v) is 16.3. The monoisotopic (exact) mass is 413 g/mol. The molecule has 2 aromatic rings. The number of rotatable bonds is 5. The van der Waals surface area contributed by atoms with Gasteiger partial charge in [0.25, 0.3) is 5.91 Å². The number of benzene rings is 2. The number of anilines is 1. The molecule has 1 atom stereocenters. The van der Waals surface area contributed by atoms with Gasteiger partial charge in [0.2, 0.25) is 0 Å². The minimum atomic E-state index is -1.88. The van der Waals surface area contributed by atoms with Gasteiger partial charge in [-0.1, -0.05) is 45.8 Å². The summed E-state index contributed by atoms with van der Waals surface area (Å²) in [5.74, 6) is -0.756. The van der Waals surface area contributed by atoms with Gasteiger partial charge in [0, 0.05) is 22.1 Å². The van der Waals surface area contributed by atoms with E-state index in [1.165, 1.54) is 4.90 Å². The Balaban J connectivity index is 2.03. The molecular formula is C21H20BrNO3. The van der Waals surface area contributed by atoms with Crippen LogP contribution in [0.4, 0.5) is 5.69 Å². The van der Waals surface area contributed by atoms with Gasteiger partial charge in [0.15, 0.2) is 11.4 Å². The van der Waals surface area contributed by atoms with Gasteiger partial charge < -0.3 is 10.0 Å². The molecule has 1 heterocycles. The van der Waals surface area contributed by atoms with Gasteiger partial charge in [-0.25, -0.2) is 0 Å². The van der Waals surface area contributed by atoms with E-state index < -0.39 is 11.5 Å². The highest BCUT2D eigenvalue weighted by Crippen LogP contribution is 2.44. The van der Waals surface area contributed by atoms with Crippen LogP contribution in [0.2, 0.25) is 0 Å². The number of hydrogen-bond donors (Lipinski definition) is 1. The first-order valence-corrected chi connectivity index (χ1v) is 9.13. The Morgan fingerprint density at radius 2 is 2.00 bits per heavy atom. The standard InChI is InChI=1S/C21H20BrNO3/c1-4-9-23-18-8-6-15(22)11-17(18)21(26,20(23)25)12-19(24)16-7-5-13(2)10-14(16)3/h4-8,10-11,26H,1,9,12H2,2-3H3/t21-/m0/s1. The molecule has 0 aromatic heterocycles. The van der Waals surface area contributed by atoms with Gasteiger partial charge in [-0.2, -0.15) is 0 Å². The summed E-state index contributed by atoms with van der Waals surface area (Å²) in [6.07, 6.45) is 1.30. The van der Waals surface area contributed by atoms with Crippen LogP contribution >= 0.6 is 15.9 Å². The van der Waals surface area contributed by atoms with Crippen LogP contribution in [-0.4, -0.2) is 23.3 Å². The lowest BCUT2D eigenvalue weighted by Gasteiger charge is -2.22. The van der Waals surface area contributed by atoms with Crippen molar-refractivity contribution in [2.75, 3.05) is 11.4 Å². The van der Waals surface area contributed by atoms with Crippen molar-refractivity contribution in [3.05, 3.63) is 75.8 Å². The maximum Gasteiger partial charge on any atom is 0.264 e. The fourth-order valence-corrected chi connectivity index (χ4v) is 3.82. The molecule has 3 rings (SSSR count). The molecule has 134 valence electrons. The van der Waals surface area contributed by atoms with E-state index in [4.69, 9.17) is 0 Å². The van der Waals surface area contributed by atoms with E-state index in [2.05, 4.69) is 22.5 Å². The summed E-state index contributed by atoms with van der Waals surface area (Å²) in [4.78, 5) is 27.3. The third-order valence-corrected chi connectivity index (χ3v) is 5.20. The SMILES string of the molecule is C=CCN1C(=O)[C@](O)(CC(=O)c2ccc(C)cc2C)c2cc(Br)ccc21. The summed E-state index contributed by atoms with van der Waals surface area (Å²) in [6, 6.07) is 10.8. The van der Waals surface area contributed by atoms with Crippen LogP contribution in [0.3, 0.4) is 0 Å². The van der Waals surface area contributed by atoms with E-state index in [1.807, 2.05) is 26.0 Å². The highest BCUT2D eigenvalue weighted by molar-refractivity contribution is 9.10. The Morgan fingerprint density at radius 1 is 1.27 bits per heavy atom. The Bertz CT molecular complexity index is 921. The minimum absolute atomic E-state index is 0.260. The Kier molecular flexibility index (Phi) is 4.86. The van der Waals surface area contributed by atoms with Gasteiger partial charge in [-0.15, -0.1) is 6.58 Å². The van der Waals surface area contributed by atoms with Crippen LogP contribution in [0.1, 0.15) is 33.5 Å². The molecule has 0 aliphatic carbocycles. The van der Waals surface area contributed by atoms with Crippen molar-refractivity contribution >= 4 is 33.3 Å². The van der Waals surface area contributed by atoms with Gasteiger partial charge in [-0.3, -0.25) is 9.59 Å². The second-order valence-corrected chi connectivity index (χ2v) is 7.56. The Hall–Kier alpha value is -2.24. The van der Waals surface area contributed by atoms with E-state index in [0.717, 1.165) is 15.6 Å².